The molecule has 0 radical (unpaired) electrons. The third kappa shape index (κ3) is 13.5. The van der Waals surface area contributed by atoms with E-state index >= 15 is 0 Å². The number of carbonyl (C=O) groups is 3. The number of unbranched alkanes of at least 4 members (excludes halogenated alkanes) is 7. The average Bonchev–Trinajstić information content (AvgIpc) is 2.67. The summed E-state index contributed by atoms with van der Waals surface area (Å²) in [7, 11) is 0. The zero-order valence-electron chi connectivity index (χ0n) is 17.0. The average molecular weight is 402 g/mol. The summed E-state index contributed by atoms with van der Waals surface area (Å²) in [5.41, 5.74) is 16.1. The molecule has 0 aromatic rings. The molecule has 0 rings (SSSR count). The summed E-state index contributed by atoms with van der Waals surface area (Å²) in [4.78, 5) is 35.6. The Kier molecular flexibility index (Phi) is 16.3. The minimum Gasteiger partial charge on any atom is -0.394 e. The molecule has 0 saturated heterocycles. The maximum atomic E-state index is 12.2. The molecule has 0 aliphatic rings. The number of hydrogen-bond donors (Lipinski definition) is 6. The molecular formula is C19H39N5O4. The molecule has 0 heterocycles. The third-order valence-electron chi connectivity index (χ3n) is 4.55. The SMILES string of the molecule is NCCCCCCCCCCC(=O)N[C@@H](CO)C(=O)N[C@@H](CCCN)C(N)=O. The van der Waals surface area contributed by atoms with Gasteiger partial charge in [-0.1, -0.05) is 38.5 Å². The van der Waals surface area contributed by atoms with Crippen molar-refractivity contribution in [2.45, 2.75) is 82.7 Å². The van der Waals surface area contributed by atoms with Gasteiger partial charge >= 0.3 is 0 Å². The molecule has 0 bridgehead atoms. The summed E-state index contributed by atoms with van der Waals surface area (Å²) in [6.45, 7) is 0.565. The van der Waals surface area contributed by atoms with Crippen LogP contribution in [0.15, 0.2) is 0 Å². The maximum absolute atomic E-state index is 12.2. The lowest BCUT2D eigenvalue weighted by Gasteiger charge is -2.20. The van der Waals surface area contributed by atoms with Gasteiger partial charge in [0.05, 0.1) is 6.61 Å². The van der Waals surface area contributed by atoms with Crippen molar-refractivity contribution in [3.8, 4) is 0 Å². The summed E-state index contributed by atoms with van der Waals surface area (Å²) in [5.74, 6) is -1.60. The lowest BCUT2D eigenvalue weighted by molar-refractivity contribution is -0.132. The molecule has 2 atom stereocenters. The fourth-order valence-electron chi connectivity index (χ4n) is 2.83. The summed E-state index contributed by atoms with van der Waals surface area (Å²) in [5, 5.41) is 14.3. The number of nitrogens with one attached hydrogen (secondary N) is 2. The Labute approximate surface area is 168 Å². The molecule has 0 aromatic heterocycles. The highest BCUT2D eigenvalue weighted by Gasteiger charge is 2.24. The van der Waals surface area contributed by atoms with Crippen molar-refractivity contribution in [1.82, 2.24) is 10.6 Å². The van der Waals surface area contributed by atoms with Gasteiger partial charge in [-0.15, -0.1) is 0 Å². The molecule has 9 heteroatoms. The quantitative estimate of drug-likeness (QED) is 0.171. The Morgan fingerprint density at radius 3 is 1.79 bits per heavy atom. The van der Waals surface area contributed by atoms with Gasteiger partial charge in [-0.25, -0.2) is 0 Å². The zero-order chi connectivity index (χ0) is 21.2. The second-order valence-electron chi connectivity index (χ2n) is 7.06. The van der Waals surface area contributed by atoms with Gasteiger partial charge in [0.2, 0.25) is 17.7 Å². The normalized spacial score (nSPS) is 13.0. The van der Waals surface area contributed by atoms with Crippen molar-refractivity contribution >= 4 is 17.7 Å². The number of aliphatic hydroxyl groups is 1. The summed E-state index contributed by atoms with van der Waals surface area (Å²) < 4.78 is 0. The van der Waals surface area contributed by atoms with Crippen LogP contribution in [0.1, 0.15) is 70.6 Å². The Balaban J connectivity index is 4.06. The smallest absolute Gasteiger partial charge is 0.245 e. The first-order valence-corrected chi connectivity index (χ1v) is 10.4. The summed E-state index contributed by atoms with van der Waals surface area (Å²) in [6.07, 6.45) is 9.66. The second kappa shape index (κ2) is 17.4. The highest BCUT2D eigenvalue weighted by atomic mass is 16.3. The fraction of sp³-hybridized carbons (Fsp3) is 0.842. The van der Waals surface area contributed by atoms with Gasteiger partial charge in [-0.05, 0) is 38.8 Å². The first-order valence-electron chi connectivity index (χ1n) is 10.4. The first-order chi connectivity index (χ1) is 13.5. The Morgan fingerprint density at radius 1 is 0.750 bits per heavy atom. The second-order valence-corrected chi connectivity index (χ2v) is 7.06. The van der Waals surface area contributed by atoms with E-state index < -0.39 is 30.5 Å². The van der Waals surface area contributed by atoms with Crippen LogP contribution in [-0.2, 0) is 14.4 Å². The van der Waals surface area contributed by atoms with Gasteiger partial charge in [-0.2, -0.15) is 0 Å². The predicted molar refractivity (Wildman–Crippen MR) is 109 cm³/mol. The van der Waals surface area contributed by atoms with Gasteiger partial charge < -0.3 is 32.9 Å². The van der Waals surface area contributed by atoms with Crippen LogP contribution < -0.4 is 27.8 Å². The Morgan fingerprint density at radius 2 is 1.29 bits per heavy atom. The number of hydrogen-bond acceptors (Lipinski definition) is 6. The van der Waals surface area contributed by atoms with Gasteiger partial charge in [0.25, 0.3) is 0 Å². The van der Waals surface area contributed by atoms with E-state index in [1.165, 1.54) is 19.3 Å². The lowest BCUT2D eigenvalue weighted by atomic mass is 10.1. The van der Waals surface area contributed by atoms with Crippen molar-refractivity contribution in [3.05, 3.63) is 0 Å². The Bertz CT molecular complexity index is 448. The van der Waals surface area contributed by atoms with Crippen molar-refractivity contribution in [1.29, 1.82) is 0 Å². The summed E-state index contributed by atoms with van der Waals surface area (Å²) in [6, 6.07) is -1.97. The number of nitrogens with two attached hydrogens (primary N) is 3. The molecule has 3 amide bonds. The maximum Gasteiger partial charge on any atom is 0.245 e. The van der Waals surface area contributed by atoms with E-state index in [1.54, 1.807) is 0 Å². The zero-order valence-corrected chi connectivity index (χ0v) is 17.0. The number of carbonyl (C=O) groups excluding carboxylic acids is 3. The molecule has 0 saturated carbocycles. The van der Waals surface area contributed by atoms with E-state index in [2.05, 4.69) is 10.6 Å². The minimum atomic E-state index is -1.10. The van der Waals surface area contributed by atoms with Crippen molar-refractivity contribution < 1.29 is 19.5 Å². The van der Waals surface area contributed by atoms with Gasteiger partial charge in [0.15, 0.2) is 0 Å². The van der Waals surface area contributed by atoms with Gasteiger partial charge in [0.1, 0.15) is 12.1 Å². The molecule has 0 aliphatic heterocycles. The number of rotatable bonds is 18. The molecule has 0 unspecified atom stereocenters. The highest BCUT2D eigenvalue weighted by molar-refractivity contribution is 5.91. The van der Waals surface area contributed by atoms with E-state index in [-0.39, 0.29) is 5.91 Å². The minimum absolute atomic E-state index is 0.295. The van der Waals surface area contributed by atoms with Crippen LogP contribution >= 0.6 is 0 Å². The molecule has 164 valence electrons. The molecule has 0 aliphatic carbocycles. The van der Waals surface area contributed by atoms with E-state index in [4.69, 9.17) is 17.2 Å². The van der Waals surface area contributed by atoms with Crippen LogP contribution in [0.2, 0.25) is 0 Å². The van der Waals surface area contributed by atoms with E-state index in [1.807, 2.05) is 0 Å². The molecule has 0 aromatic carbocycles. The molecular weight excluding hydrogens is 362 g/mol. The lowest BCUT2D eigenvalue weighted by Crippen LogP contribution is -2.54. The molecule has 9 nitrogen and oxygen atoms in total. The van der Waals surface area contributed by atoms with Crippen LogP contribution in [0.25, 0.3) is 0 Å². The predicted octanol–water partition coefficient (Wildman–Crippen LogP) is -0.358. The third-order valence-corrected chi connectivity index (χ3v) is 4.55. The van der Waals surface area contributed by atoms with Crippen LogP contribution in [0, 0.1) is 0 Å². The van der Waals surface area contributed by atoms with Crippen LogP contribution in [0.4, 0.5) is 0 Å². The first kappa shape index (κ1) is 26.3. The number of primary amides is 1. The number of aliphatic hydroxyl groups excluding tert-OH is 1. The summed E-state index contributed by atoms with van der Waals surface area (Å²) >= 11 is 0. The molecule has 0 fully saturated rings. The fourth-order valence-corrected chi connectivity index (χ4v) is 2.83. The Hall–Kier alpha value is -1.71. The van der Waals surface area contributed by atoms with Crippen LogP contribution in [-0.4, -0.2) is 54.6 Å². The van der Waals surface area contributed by atoms with Crippen molar-refractivity contribution in [2.24, 2.45) is 17.2 Å². The topological polar surface area (TPSA) is 174 Å². The van der Waals surface area contributed by atoms with E-state index in [9.17, 15) is 19.5 Å². The monoisotopic (exact) mass is 401 g/mol. The van der Waals surface area contributed by atoms with Gasteiger partial charge in [0, 0.05) is 6.42 Å². The largest absolute Gasteiger partial charge is 0.394 e. The molecule has 0 spiro atoms. The van der Waals surface area contributed by atoms with Crippen molar-refractivity contribution in [2.75, 3.05) is 19.7 Å². The molecule has 28 heavy (non-hydrogen) atoms. The van der Waals surface area contributed by atoms with E-state index in [0.29, 0.717) is 25.8 Å². The highest BCUT2D eigenvalue weighted by Crippen LogP contribution is 2.09. The van der Waals surface area contributed by atoms with Crippen molar-refractivity contribution in [3.63, 3.8) is 0 Å². The van der Waals surface area contributed by atoms with Crippen LogP contribution in [0.5, 0.6) is 0 Å². The van der Waals surface area contributed by atoms with Crippen LogP contribution in [0.3, 0.4) is 0 Å². The standard InChI is InChI=1S/C19H39N5O4/c20-12-8-6-4-2-1-3-5-7-11-17(26)23-16(14-25)19(28)24-15(18(22)27)10-9-13-21/h15-16,25H,1-14,20-21H2,(H2,22,27)(H,23,26)(H,24,28)/t15-,16-/m0/s1. The molecule has 9 N–H and O–H groups in total. The number of amides is 3. The van der Waals surface area contributed by atoms with Gasteiger partial charge in [-0.3, -0.25) is 14.4 Å². The van der Waals surface area contributed by atoms with E-state index in [0.717, 1.165) is 38.6 Å².